The number of hydrogen-bond acceptors (Lipinski definition) is 3. The lowest BCUT2D eigenvalue weighted by molar-refractivity contribution is 0.250. The Kier molecular flexibility index (Phi) is 8.03. The fraction of sp³-hybridized carbons (Fsp3) is 0.364. The number of nitrogens with zero attached hydrogens (tertiary/aromatic N) is 1. The van der Waals surface area contributed by atoms with Gasteiger partial charge in [-0.15, -0.1) is 6.58 Å². The molecule has 0 saturated heterocycles. The average Bonchev–Trinajstić information content (AvgIpc) is 2.59. The van der Waals surface area contributed by atoms with Crippen molar-refractivity contribution in [1.82, 2.24) is 4.90 Å². The highest BCUT2D eigenvalue weighted by molar-refractivity contribution is 6.36. The Balaban J connectivity index is 2.11. The summed E-state index contributed by atoms with van der Waals surface area (Å²) < 4.78 is 5.78. The summed E-state index contributed by atoms with van der Waals surface area (Å²) in [5.41, 5.74) is 2.83. The monoisotopic (exact) mass is 407 g/mol. The molecule has 0 heterocycles. The van der Waals surface area contributed by atoms with Gasteiger partial charge in [0, 0.05) is 29.6 Å². The van der Waals surface area contributed by atoms with E-state index in [2.05, 4.69) is 25.3 Å². The Hall–Kier alpha value is -1.68. The molecule has 0 unspecified atom stereocenters. The van der Waals surface area contributed by atoms with E-state index in [9.17, 15) is 5.11 Å². The van der Waals surface area contributed by atoms with E-state index < -0.39 is 0 Å². The Morgan fingerprint density at radius 2 is 1.85 bits per heavy atom. The average molecular weight is 408 g/mol. The quantitative estimate of drug-likeness (QED) is 0.524. The molecule has 0 aliphatic rings. The van der Waals surface area contributed by atoms with Crippen molar-refractivity contribution in [3.8, 4) is 11.5 Å². The molecule has 3 nitrogen and oxygen atoms in total. The van der Waals surface area contributed by atoms with E-state index in [-0.39, 0.29) is 5.92 Å². The summed E-state index contributed by atoms with van der Waals surface area (Å²) in [7, 11) is 2.01. The first-order valence-corrected chi connectivity index (χ1v) is 9.79. The van der Waals surface area contributed by atoms with Crippen molar-refractivity contribution in [3.05, 3.63) is 69.7 Å². The van der Waals surface area contributed by atoms with Crippen LogP contribution in [0.4, 0.5) is 0 Å². The van der Waals surface area contributed by atoms with Crippen molar-refractivity contribution >= 4 is 23.2 Å². The first-order chi connectivity index (χ1) is 12.8. The van der Waals surface area contributed by atoms with Crippen molar-refractivity contribution in [1.29, 1.82) is 0 Å². The Morgan fingerprint density at radius 1 is 1.19 bits per heavy atom. The molecule has 0 saturated carbocycles. The van der Waals surface area contributed by atoms with Crippen molar-refractivity contribution in [2.24, 2.45) is 0 Å². The predicted octanol–water partition coefficient (Wildman–Crippen LogP) is 5.91. The van der Waals surface area contributed by atoms with Gasteiger partial charge in [-0.1, -0.05) is 55.3 Å². The third-order valence-corrected chi connectivity index (χ3v) is 5.07. The predicted molar refractivity (Wildman–Crippen MR) is 115 cm³/mol. The summed E-state index contributed by atoms with van der Waals surface area (Å²) in [6.45, 7) is 9.98. The van der Waals surface area contributed by atoms with Gasteiger partial charge in [0.25, 0.3) is 0 Å². The maximum Gasteiger partial charge on any atom is 0.122 e. The molecular weight excluding hydrogens is 381 g/mol. The van der Waals surface area contributed by atoms with Gasteiger partial charge in [0.1, 0.15) is 18.1 Å². The number of ether oxygens (including phenoxy) is 1. The van der Waals surface area contributed by atoms with Gasteiger partial charge in [-0.25, -0.2) is 0 Å². The van der Waals surface area contributed by atoms with Crippen LogP contribution in [0, 0.1) is 0 Å². The van der Waals surface area contributed by atoms with Gasteiger partial charge in [0.2, 0.25) is 0 Å². The number of aromatic hydroxyl groups is 1. The van der Waals surface area contributed by atoms with Crippen LogP contribution in [-0.4, -0.2) is 36.8 Å². The van der Waals surface area contributed by atoms with Gasteiger partial charge in [-0.05, 0) is 47.9 Å². The van der Waals surface area contributed by atoms with Crippen molar-refractivity contribution in [2.45, 2.75) is 26.2 Å². The molecule has 0 radical (unpaired) electrons. The Labute approximate surface area is 172 Å². The molecule has 27 heavy (non-hydrogen) atoms. The van der Waals surface area contributed by atoms with Crippen LogP contribution >= 0.6 is 23.2 Å². The standard InChI is InChI=1S/C22H27Cl2NO2/c1-5-8-25(4)9-10-27-17-13-20(23)19(21(24)14-17)12-16-6-7-22(26)18(11-16)15(2)3/h5-7,11,13-15,26H,1,8-10,12H2,2-4H3. The second-order valence-electron chi connectivity index (χ2n) is 6.99. The first-order valence-electron chi connectivity index (χ1n) is 9.03. The normalized spacial score (nSPS) is 11.2. The zero-order valence-corrected chi connectivity index (χ0v) is 17.6. The molecule has 0 spiro atoms. The SMILES string of the molecule is C=CCN(C)CCOc1cc(Cl)c(Cc2ccc(O)c(C(C)C)c2)c(Cl)c1. The lowest BCUT2D eigenvalue weighted by Gasteiger charge is -2.16. The molecule has 1 N–H and O–H groups in total. The van der Waals surface area contributed by atoms with Gasteiger partial charge in [0.05, 0.1) is 0 Å². The van der Waals surface area contributed by atoms with Crippen LogP contribution in [0.1, 0.15) is 36.5 Å². The van der Waals surface area contributed by atoms with E-state index in [0.29, 0.717) is 34.6 Å². The number of phenolic OH excluding ortho intramolecular Hbond substituents is 1. The molecule has 0 amide bonds. The molecule has 146 valence electrons. The second kappa shape index (κ2) is 10.0. The summed E-state index contributed by atoms with van der Waals surface area (Å²) in [6, 6.07) is 9.24. The van der Waals surface area contributed by atoms with E-state index in [1.807, 2.05) is 25.3 Å². The van der Waals surface area contributed by atoms with Crippen LogP contribution in [-0.2, 0) is 6.42 Å². The van der Waals surface area contributed by atoms with Crippen LogP contribution in [0.25, 0.3) is 0 Å². The summed E-state index contributed by atoms with van der Waals surface area (Å²) >= 11 is 12.9. The van der Waals surface area contributed by atoms with Gasteiger partial charge in [0.15, 0.2) is 0 Å². The largest absolute Gasteiger partial charge is 0.508 e. The summed E-state index contributed by atoms with van der Waals surface area (Å²) in [4.78, 5) is 2.11. The van der Waals surface area contributed by atoms with Crippen LogP contribution in [0.5, 0.6) is 11.5 Å². The van der Waals surface area contributed by atoms with Crippen molar-refractivity contribution in [3.63, 3.8) is 0 Å². The van der Waals surface area contributed by atoms with E-state index in [1.54, 1.807) is 18.2 Å². The van der Waals surface area contributed by atoms with Gasteiger partial charge in [-0.2, -0.15) is 0 Å². The minimum absolute atomic E-state index is 0.242. The van der Waals surface area contributed by atoms with Gasteiger partial charge >= 0.3 is 0 Å². The number of benzene rings is 2. The Morgan fingerprint density at radius 3 is 2.44 bits per heavy atom. The number of likely N-dealkylation sites (N-methyl/N-ethyl adjacent to an activating group) is 1. The topological polar surface area (TPSA) is 32.7 Å². The van der Waals surface area contributed by atoms with E-state index in [0.717, 1.165) is 29.8 Å². The first kappa shape index (κ1) is 21.6. The van der Waals surface area contributed by atoms with Gasteiger partial charge < -0.3 is 9.84 Å². The molecule has 0 bridgehead atoms. The number of hydrogen-bond donors (Lipinski definition) is 1. The number of rotatable bonds is 9. The van der Waals surface area contributed by atoms with Crippen LogP contribution in [0.3, 0.4) is 0 Å². The Bertz CT molecular complexity index is 767. The molecule has 0 atom stereocenters. The lowest BCUT2D eigenvalue weighted by atomic mass is 9.96. The smallest absolute Gasteiger partial charge is 0.122 e. The lowest BCUT2D eigenvalue weighted by Crippen LogP contribution is -2.24. The molecule has 2 rings (SSSR count). The van der Waals surface area contributed by atoms with E-state index in [1.165, 1.54) is 0 Å². The fourth-order valence-electron chi connectivity index (χ4n) is 2.84. The summed E-state index contributed by atoms with van der Waals surface area (Å²) in [5, 5.41) is 11.2. The zero-order chi connectivity index (χ0) is 20.0. The van der Waals surface area contributed by atoms with Crippen molar-refractivity contribution in [2.75, 3.05) is 26.7 Å². The zero-order valence-electron chi connectivity index (χ0n) is 16.1. The molecule has 0 aliphatic heterocycles. The third-order valence-electron chi connectivity index (χ3n) is 4.39. The van der Waals surface area contributed by atoms with Gasteiger partial charge in [-0.3, -0.25) is 4.90 Å². The molecule has 0 aliphatic carbocycles. The molecule has 0 fully saturated rings. The van der Waals surface area contributed by atoms with Crippen molar-refractivity contribution < 1.29 is 9.84 Å². The van der Waals surface area contributed by atoms with E-state index in [4.69, 9.17) is 27.9 Å². The molecule has 2 aromatic carbocycles. The third kappa shape index (κ3) is 6.17. The number of halogens is 2. The molecule has 2 aromatic rings. The highest BCUT2D eigenvalue weighted by Gasteiger charge is 2.13. The molecule has 0 aromatic heterocycles. The maximum absolute atomic E-state index is 9.99. The summed E-state index contributed by atoms with van der Waals surface area (Å²) in [5.74, 6) is 1.22. The highest BCUT2D eigenvalue weighted by atomic mass is 35.5. The molecular formula is C22H27Cl2NO2. The minimum atomic E-state index is 0.242. The summed E-state index contributed by atoms with van der Waals surface area (Å²) in [6.07, 6.45) is 2.45. The maximum atomic E-state index is 9.99. The second-order valence-corrected chi connectivity index (χ2v) is 7.80. The van der Waals surface area contributed by atoms with Crippen LogP contribution in [0.15, 0.2) is 43.0 Å². The van der Waals surface area contributed by atoms with Crippen LogP contribution < -0.4 is 4.74 Å². The highest BCUT2D eigenvalue weighted by Crippen LogP contribution is 2.33. The number of phenols is 1. The van der Waals surface area contributed by atoms with Crippen LogP contribution in [0.2, 0.25) is 10.0 Å². The molecule has 5 heteroatoms. The minimum Gasteiger partial charge on any atom is -0.508 e. The fourth-order valence-corrected chi connectivity index (χ4v) is 3.44. The van der Waals surface area contributed by atoms with E-state index >= 15 is 0 Å².